The van der Waals surface area contributed by atoms with Crippen LogP contribution in [0.4, 0.5) is 0 Å². The maximum Gasteiger partial charge on any atom is 0.335 e. The minimum absolute atomic E-state index is 0.0202. The Morgan fingerprint density at radius 2 is 2.00 bits per heavy atom. The average Bonchev–Trinajstić information content (AvgIpc) is 2.48. The number of nitrogens with one attached hydrogen (secondary N) is 1. The Bertz CT molecular complexity index is 806. The van der Waals surface area contributed by atoms with Crippen LogP contribution in [0.3, 0.4) is 0 Å². The molecule has 0 amide bonds. The number of nitrogens with zero attached hydrogens (tertiary/aromatic N) is 2. The topological polar surface area (TPSA) is 87.4 Å². The van der Waals surface area contributed by atoms with Crippen LogP contribution in [-0.4, -0.2) is 26.9 Å². The fourth-order valence-corrected chi connectivity index (χ4v) is 2.06. The lowest BCUT2D eigenvalue weighted by Gasteiger charge is -2.10. The number of aliphatic imine (C=N–C) groups is 1. The molecule has 0 radical (unpaired) electrons. The summed E-state index contributed by atoms with van der Waals surface area (Å²) in [6, 6.07) is 6.79. The van der Waals surface area contributed by atoms with Crippen molar-refractivity contribution in [3.63, 3.8) is 0 Å². The number of aromatic hydroxyl groups is 1. The zero-order valence-corrected chi connectivity index (χ0v) is 13.8. The van der Waals surface area contributed by atoms with E-state index in [0.717, 1.165) is 15.5 Å². The molecule has 2 rings (SSSR count). The summed E-state index contributed by atoms with van der Waals surface area (Å²) in [6.07, 6.45) is 2.11. The van der Waals surface area contributed by atoms with Crippen LogP contribution in [0, 0.1) is 0 Å². The minimum atomic E-state index is -0.703. The Hall–Kier alpha value is -2.15. The highest BCUT2D eigenvalue weighted by Gasteiger charge is 2.14. The molecule has 0 bridgehead atoms. The second kappa shape index (κ2) is 6.74. The van der Waals surface area contributed by atoms with E-state index in [1.54, 1.807) is 24.3 Å². The van der Waals surface area contributed by atoms with Gasteiger partial charge in [-0.25, -0.2) is 9.36 Å². The van der Waals surface area contributed by atoms with Gasteiger partial charge in [0, 0.05) is 16.7 Å². The number of rotatable bonds is 4. The summed E-state index contributed by atoms with van der Waals surface area (Å²) in [5.74, 6) is -0.428. The Labute approximate surface area is 135 Å². The molecule has 0 saturated carbocycles. The van der Waals surface area contributed by atoms with Crippen molar-refractivity contribution in [1.29, 1.82) is 0 Å². The third-order valence-corrected chi connectivity index (χ3v) is 3.78. The predicted molar refractivity (Wildman–Crippen MR) is 89.4 cm³/mol. The molecule has 7 heteroatoms. The van der Waals surface area contributed by atoms with Gasteiger partial charge in [-0.2, -0.15) is 0 Å². The van der Waals surface area contributed by atoms with Gasteiger partial charge in [-0.15, -0.1) is 0 Å². The number of hydrogen-bond acceptors (Lipinski definition) is 4. The largest absolute Gasteiger partial charge is 0.493 e. The van der Waals surface area contributed by atoms with Crippen LogP contribution in [-0.2, 0) is 0 Å². The SMILES string of the molecule is CCC(C)N=Cc1c(O)n(-c2ccc(Br)cc2)c(=O)[nH]c1=O. The van der Waals surface area contributed by atoms with Gasteiger partial charge >= 0.3 is 5.69 Å². The fraction of sp³-hybridized carbons (Fsp3) is 0.267. The molecule has 2 N–H and O–H groups in total. The summed E-state index contributed by atoms with van der Waals surface area (Å²) in [6.45, 7) is 3.86. The summed E-state index contributed by atoms with van der Waals surface area (Å²) in [5, 5.41) is 10.3. The Morgan fingerprint density at radius 1 is 1.36 bits per heavy atom. The molecule has 0 fully saturated rings. The highest BCUT2D eigenvalue weighted by atomic mass is 79.9. The third-order valence-electron chi connectivity index (χ3n) is 3.25. The zero-order chi connectivity index (χ0) is 16.3. The van der Waals surface area contributed by atoms with Crippen LogP contribution in [0.1, 0.15) is 25.8 Å². The van der Waals surface area contributed by atoms with Crippen LogP contribution in [0.2, 0.25) is 0 Å². The molecule has 0 aliphatic carbocycles. The molecule has 0 aliphatic heterocycles. The minimum Gasteiger partial charge on any atom is -0.493 e. The standard InChI is InChI=1S/C15H16BrN3O3/c1-3-9(2)17-8-12-13(20)18-15(22)19(14(12)21)11-6-4-10(16)5-7-11/h4-9,21H,3H2,1-2H3,(H,18,20,22). The van der Waals surface area contributed by atoms with Gasteiger partial charge in [0.05, 0.1) is 5.69 Å². The molecule has 1 unspecified atom stereocenters. The number of aromatic amines is 1. The molecule has 1 atom stereocenters. The van der Waals surface area contributed by atoms with E-state index in [1.165, 1.54) is 6.21 Å². The Balaban J connectivity index is 2.61. The van der Waals surface area contributed by atoms with Crippen molar-refractivity contribution in [2.45, 2.75) is 26.3 Å². The smallest absolute Gasteiger partial charge is 0.335 e. The van der Waals surface area contributed by atoms with Gasteiger partial charge in [0.25, 0.3) is 5.56 Å². The van der Waals surface area contributed by atoms with E-state index in [9.17, 15) is 14.7 Å². The molecule has 6 nitrogen and oxygen atoms in total. The van der Waals surface area contributed by atoms with E-state index < -0.39 is 17.1 Å². The monoisotopic (exact) mass is 365 g/mol. The van der Waals surface area contributed by atoms with Crippen molar-refractivity contribution < 1.29 is 5.11 Å². The van der Waals surface area contributed by atoms with E-state index in [1.807, 2.05) is 13.8 Å². The molecule has 116 valence electrons. The first-order valence-electron chi connectivity index (χ1n) is 6.81. The van der Waals surface area contributed by atoms with Gasteiger partial charge in [-0.3, -0.25) is 14.8 Å². The third kappa shape index (κ3) is 3.36. The normalized spacial score (nSPS) is 12.7. The molecular formula is C15H16BrN3O3. The molecule has 1 aromatic carbocycles. The van der Waals surface area contributed by atoms with Gasteiger partial charge in [-0.05, 0) is 37.6 Å². The summed E-state index contributed by atoms with van der Waals surface area (Å²) in [5.41, 5.74) is -0.962. The number of hydrogen-bond donors (Lipinski definition) is 2. The lowest BCUT2D eigenvalue weighted by Crippen LogP contribution is -2.31. The fourth-order valence-electron chi connectivity index (χ4n) is 1.79. The van der Waals surface area contributed by atoms with Crippen molar-refractivity contribution in [3.05, 3.63) is 55.1 Å². The number of aromatic nitrogens is 2. The maximum absolute atomic E-state index is 12.0. The Morgan fingerprint density at radius 3 is 2.59 bits per heavy atom. The van der Waals surface area contributed by atoms with Gasteiger partial charge in [0.15, 0.2) is 0 Å². The molecule has 1 aromatic heterocycles. The van der Waals surface area contributed by atoms with Gasteiger partial charge in [0.1, 0.15) is 5.56 Å². The van der Waals surface area contributed by atoms with E-state index in [-0.39, 0.29) is 11.6 Å². The summed E-state index contributed by atoms with van der Waals surface area (Å²) >= 11 is 3.30. The number of halogens is 1. The highest BCUT2D eigenvalue weighted by Crippen LogP contribution is 2.18. The van der Waals surface area contributed by atoms with Crippen molar-refractivity contribution in [3.8, 4) is 11.6 Å². The lowest BCUT2D eigenvalue weighted by atomic mass is 10.2. The first-order chi connectivity index (χ1) is 10.4. The van der Waals surface area contributed by atoms with Crippen LogP contribution >= 0.6 is 15.9 Å². The van der Waals surface area contributed by atoms with Crippen LogP contribution < -0.4 is 11.2 Å². The van der Waals surface area contributed by atoms with Crippen LogP contribution in [0.25, 0.3) is 5.69 Å². The number of H-pyrrole nitrogens is 1. The second-order valence-electron chi connectivity index (χ2n) is 4.84. The van der Waals surface area contributed by atoms with Gasteiger partial charge < -0.3 is 5.11 Å². The van der Waals surface area contributed by atoms with E-state index in [4.69, 9.17) is 0 Å². The van der Waals surface area contributed by atoms with Crippen molar-refractivity contribution in [2.24, 2.45) is 4.99 Å². The molecule has 22 heavy (non-hydrogen) atoms. The predicted octanol–water partition coefficient (Wildman–Crippen LogP) is 2.21. The Kier molecular flexibility index (Phi) is 4.97. The van der Waals surface area contributed by atoms with Gasteiger partial charge in [0.2, 0.25) is 5.88 Å². The van der Waals surface area contributed by atoms with Crippen molar-refractivity contribution in [2.75, 3.05) is 0 Å². The second-order valence-corrected chi connectivity index (χ2v) is 5.76. The summed E-state index contributed by atoms with van der Waals surface area (Å²) in [4.78, 5) is 30.2. The molecular weight excluding hydrogens is 350 g/mol. The summed E-state index contributed by atoms with van der Waals surface area (Å²) < 4.78 is 1.87. The van der Waals surface area contributed by atoms with Gasteiger partial charge in [-0.1, -0.05) is 22.9 Å². The van der Waals surface area contributed by atoms with Crippen molar-refractivity contribution in [1.82, 2.24) is 9.55 Å². The quantitative estimate of drug-likeness (QED) is 0.814. The molecule has 0 spiro atoms. The van der Waals surface area contributed by atoms with E-state index in [0.29, 0.717) is 5.69 Å². The van der Waals surface area contributed by atoms with Crippen LogP contribution in [0.15, 0.2) is 43.3 Å². The molecule has 2 aromatic rings. The number of benzene rings is 1. The van der Waals surface area contributed by atoms with Crippen LogP contribution in [0.5, 0.6) is 5.88 Å². The summed E-state index contributed by atoms with van der Waals surface area (Å²) in [7, 11) is 0. The molecule has 0 saturated heterocycles. The van der Waals surface area contributed by atoms with E-state index in [2.05, 4.69) is 25.9 Å². The average molecular weight is 366 g/mol. The molecule has 1 heterocycles. The first-order valence-corrected chi connectivity index (χ1v) is 7.60. The highest BCUT2D eigenvalue weighted by molar-refractivity contribution is 9.10. The molecule has 0 aliphatic rings. The zero-order valence-electron chi connectivity index (χ0n) is 12.2. The first kappa shape index (κ1) is 16.2. The van der Waals surface area contributed by atoms with E-state index >= 15 is 0 Å². The lowest BCUT2D eigenvalue weighted by molar-refractivity contribution is 0.430. The maximum atomic E-state index is 12.0. The van der Waals surface area contributed by atoms with Crippen molar-refractivity contribution >= 4 is 22.1 Å².